The van der Waals surface area contributed by atoms with Crippen LogP contribution in [0.25, 0.3) is 0 Å². The number of benzene rings is 2. The normalized spacial score (nSPS) is 19.4. The van der Waals surface area contributed by atoms with Crippen molar-refractivity contribution in [2.75, 3.05) is 26.2 Å². The van der Waals surface area contributed by atoms with Crippen molar-refractivity contribution in [3.8, 4) is 0 Å². The minimum atomic E-state index is -0.426. The van der Waals surface area contributed by atoms with Gasteiger partial charge in [0.25, 0.3) is 11.8 Å². The number of amides is 2. The number of piperidine rings is 1. The van der Waals surface area contributed by atoms with Crippen LogP contribution in [-0.4, -0.2) is 52.9 Å². The Labute approximate surface area is 159 Å². The molecule has 2 aliphatic rings. The highest BCUT2D eigenvalue weighted by Gasteiger charge is 2.35. The number of aliphatic hydroxyl groups excluding tert-OH is 1. The molecule has 2 aliphatic heterocycles. The smallest absolute Gasteiger partial charge is 0.261 e. The number of carbonyl (C=O) groups excluding carboxylic acids is 2. The molecule has 140 valence electrons. The Morgan fingerprint density at radius 3 is 2.00 bits per heavy atom. The number of rotatable bonds is 5. The van der Waals surface area contributed by atoms with Crippen molar-refractivity contribution in [2.45, 2.75) is 18.9 Å². The van der Waals surface area contributed by atoms with Gasteiger partial charge in [-0.15, -0.1) is 0 Å². The highest BCUT2D eigenvalue weighted by molar-refractivity contribution is 6.21. The molecule has 5 nitrogen and oxygen atoms in total. The van der Waals surface area contributed by atoms with Crippen molar-refractivity contribution in [3.05, 3.63) is 71.3 Å². The van der Waals surface area contributed by atoms with E-state index < -0.39 is 6.10 Å². The zero-order chi connectivity index (χ0) is 18.8. The van der Waals surface area contributed by atoms with Gasteiger partial charge < -0.3 is 10.0 Å². The van der Waals surface area contributed by atoms with Crippen molar-refractivity contribution < 1.29 is 14.7 Å². The number of imide groups is 1. The van der Waals surface area contributed by atoms with E-state index in [0.29, 0.717) is 24.2 Å². The molecule has 2 heterocycles. The standard InChI is InChI=1S/C22H24N2O3/c25-20(16-6-2-1-3-7-16)17-10-12-23(13-11-17)14-15-24-21(26)18-8-4-5-9-19(18)22(24)27/h1-9,17,20,25H,10-15H2/t20-/m1/s1. The predicted octanol–water partition coefficient (Wildman–Crippen LogP) is 2.73. The fourth-order valence-electron chi connectivity index (χ4n) is 4.10. The van der Waals surface area contributed by atoms with Crippen LogP contribution < -0.4 is 0 Å². The van der Waals surface area contributed by atoms with Gasteiger partial charge in [-0.05, 0) is 49.5 Å². The molecule has 0 unspecified atom stereocenters. The number of hydrogen-bond acceptors (Lipinski definition) is 4. The average molecular weight is 364 g/mol. The molecule has 1 atom stereocenters. The third-order valence-corrected chi connectivity index (χ3v) is 5.74. The van der Waals surface area contributed by atoms with Gasteiger partial charge in [-0.25, -0.2) is 0 Å². The summed E-state index contributed by atoms with van der Waals surface area (Å²) in [6.45, 7) is 2.84. The maximum Gasteiger partial charge on any atom is 0.261 e. The summed E-state index contributed by atoms with van der Waals surface area (Å²) in [5.74, 6) is -0.127. The van der Waals surface area contributed by atoms with E-state index in [0.717, 1.165) is 31.5 Å². The monoisotopic (exact) mass is 364 g/mol. The first-order valence-electron chi connectivity index (χ1n) is 9.56. The van der Waals surface area contributed by atoms with E-state index in [1.165, 1.54) is 4.90 Å². The van der Waals surface area contributed by atoms with Gasteiger partial charge in [0.2, 0.25) is 0 Å². The average Bonchev–Trinajstić information content (AvgIpc) is 2.97. The number of hydrogen-bond donors (Lipinski definition) is 1. The topological polar surface area (TPSA) is 60.9 Å². The Morgan fingerprint density at radius 1 is 0.852 bits per heavy atom. The molecule has 4 rings (SSSR count). The van der Waals surface area contributed by atoms with Crippen LogP contribution in [0.5, 0.6) is 0 Å². The van der Waals surface area contributed by atoms with Gasteiger partial charge >= 0.3 is 0 Å². The second-order valence-corrected chi connectivity index (χ2v) is 7.34. The van der Waals surface area contributed by atoms with Crippen LogP contribution >= 0.6 is 0 Å². The largest absolute Gasteiger partial charge is 0.388 e. The van der Waals surface area contributed by atoms with Crippen LogP contribution in [0.3, 0.4) is 0 Å². The lowest BCUT2D eigenvalue weighted by atomic mass is 9.87. The third-order valence-electron chi connectivity index (χ3n) is 5.74. The van der Waals surface area contributed by atoms with Crippen LogP contribution in [0.4, 0.5) is 0 Å². The molecule has 0 aromatic heterocycles. The maximum absolute atomic E-state index is 12.4. The number of nitrogens with zero attached hydrogens (tertiary/aromatic N) is 2. The molecule has 1 N–H and O–H groups in total. The van der Waals surface area contributed by atoms with Gasteiger partial charge in [0.15, 0.2) is 0 Å². The highest BCUT2D eigenvalue weighted by Crippen LogP contribution is 2.30. The minimum absolute atomic E-state index is 0.190. The van der Waals surface area contributed by atoms with Crippen molar-refractivity contribution in [2.24, 2.45) is 5.92 Å². The van der Waals surface area contributed by atoms with Crippen LogP contribution in [0.15, 0.2) is 54.6 Å². The molecule has 1 fully saturated rings. The van der Waals surface area contributed by atoms with Gasteiger partial charge in [0, 0.05) is 13.1 Å². The Hall–Kier alpha value is -2.50. The molecule has 5 heteroatoms. The summed E-state index contributed by atoms with van der Waals surface area (Å²) in [6, 6.07) is 16.8. The van der Waals surface area contributed by atoms with Crippen LogP contribution in [0.1, 0.15) is 45.2 Å². The Kier molecular flexibility index (Phi) is 5.05. The first kappa shape index (κ1) is 17.9. The molecule has 0 spiro atoms. The van der Waals surface area contributed by atoms with Crippen LogP contribution in [0, 0.1) is 5.92 Å². The van der Waals surface area contributed by atoms with Gasteiger partial charge in [0.1, 0.15) is 0 Å². The summed E-state index contributed by atoms with van der Waals surface area (Å²) in [7, 11) is 0. The van der Waals surface area contributed by atoms with Crippen LogP contribution in [0.2, 0.25) is 0 Å². The molecular weight excluding hydrogens is 340 g/mol. The zero-order valence-electron chi connectivity index (χ0n) is 15.3. The van der Waals surface area contributed by atoms with Crippen LogP contribution in [-0.2, 0) is 0 Å². The van der Waals surface area contributed by atoms with E-state index >= 15 is 0 Å². The van der Waals surface area contributed by atoms with E-state index in [-0.39, 0.29) is 17.7 Å². The lowest BCUT2D eigenvalue weighted by Gasteiger charge is -2.34. The lowest BCUT2D eigenvalue weighted by molar-refractivity contribution is 0.0512. The maximum atomic E-state index is 12.4. The highest BCUT2D eigenvalue weighted by atomic mass is 16.3. The van der Waals surface area contributed by atoms with E-state index in [2.05, 4.69) is 4.90 Å². The van der Waals surface area contributed by atoms with Crippen molar-refractivity contribution >= 4 is 11.8 Å². The second-order valence-electron chi connectivity index (χ2n) is 7.34. The third kappa shape index (κ3) is 3.53. The molecule has 1 saturated heterocycles. The van der Waals surface area contributed by atoms with Crippen molar-refractivity contribution in [1.29, 1.82) is 0 Å². The summed E-state index contributed by atoms with van der Waals surface area (Å²) >= 11 is 0. The van der Waals surface area contributed by atoms with Crippen molar-refractivity contribution in [1.82, 2.24) is 9.80 Å². The van der Waals surface area contributed by atoms with E-state index in [1.807, 2.05) is 30.3 Å². The summed E-state index contributed by atoms with van der Waals surface area (Å²) in [4.78, 5) is 28.5. The number of fused-ring (bicyclic) bond motifs is 1. The predicted molar refractivity (Wildman–Crippen MR) is 102 cm³/mol. The Morgan fingerprint density at radius 2 is 1.41 bits per heavy atom. The molecule has 0 aliphatic carbocycles. The quantitative estimate of drug-likeness (QED) is 0.829. The van der Waals surface area contributed by atoms with Gasteiger partial charge in [0.05, 0.1) is 17.2 Å². The fourth-order valence-corrected chi connectivity index (χ4v) is 4.10. The molecule has 2 aromatic carbocycles. The molecule has 2 amide bonds. The lowest BCUT2D eigenvalue weighted by Crippen LogP contribution is -2.42. The molecular formula is C22H24N2O3. The Bertz CT molecular complexity index is 793. The molecule has 27 heavy (non-hydrogen) atoms. The van der Waals surface area contributed by atoms with E-state index in [4.69, 9.17) is 0 Å². The summed E-state index contributed by atoms with van der Waals surface area (Å²) in [6.07, 6.45) is 1.40. The minimum Gasteiger partial charge on any atom is -0.388 e. The van der Waals surface area contributed by atoms with E-state index in [9.17, 15) is 14.7 Å². The fraction of sp³-hybridized carbons (Fsp3) is 0.364. The van der Waals surface area contributed by atoms with Gasteiger partial charge in [-0.3, -0.25) is 14.5 Å². The molecule has 0 saturated carbocycles. The SMILES string of the molecule is O=C1c2ccccc2C(=O)N1CCN1CCC([C@H](O)c2ccccc2)CC1. The molecule has 0 bridgehead atoms. The summed E-state index contributed by atoms with van der Waals surface area (Å²) in [5, 5.41) is 10.6. The molecule has 2 aromatic rings. The first-order chi connectivity index (χ1) is 13.1. The summed E-state index contributed by atoms with van der Waals surface area (Å²) in [5.41, 5.74) is 1.99. The first-order valence-corrected chi connectivity index (χ1v) is 9.56. The number of carbonyl (C=O) groups is 2. The number of aliphatic hydroxyl groups is 1. The van der Waals surface area contributed by atoms with E-state index in [1.54, 1.807) is 24.3 Å². The van der Waals surface area contributed by atoms with Crippen molar-refractivity contribution in [3.63, 3.8) is 0 Å². The zero-order valence-corrected chi connectivity index (χ0v) is 15.3. The number of likely N-dealkylation sites (tertiary alicyclic amines) is 1. The molecule has 0 radical (unpaired) electrons. The van der Waals surface area contributed by atoms with Gasteiger partial charge in [-0.1, -0.05) is 42.5 Å². The van der Waals surface area contributed by atoms with Gasteiger partial charge in [-0.2, -0.15) is 0 Å². The second kappa shape index (κ2) is 7.62. The summed E-state index contributed by atoms with van der Waals surface area (Å²) < 4.78 is 0. The Balaban J connectivity index is 1.29.